The maximum atomic E-state index is 6.35. The summed E-state index contributed by atoms with van der Waals surface area (Å²) in [4.78, 5) is 6.79. The molecule has 0 radical (unpaired) electrons. The zero-order valence-electron chi connectivity index (χ0n) is 16.5. The molecule has 0 saturated carbocycles. The van der Waals surface area contributed by atoms with Gasteiger partial charge in [-0.3, -0.25) is 4.90 Å². The normalized spacial score (nSPS) is 20.0. The first-order valence-corrected chi connectivity index (χ1v) is 9.67. The van der Waals surface area contributed by atoms with Crippen LogP contribution >= 0.6 is 0 Å². The predicted molar refractivity (Wildman–Crippen MR) is 110 cm³/mol. The molecule has 2 unspecified atom stereocenters. The third-order valence-electron chi connectivity index (χ3n) is 5.13. The van der Waals surface area contributed by atoms with Gasteiger partial charge in [-0.05, 0) is 43.0 Å². The van der Waals surface area contributed by atoms with Gasteiger partial charge in [-0.15, -0.1) is 0 Å². The molecular weight excluding hydrogens is 352 g/mol. The van der Waals surface area contributed by atoms with Crippen molar-refractivity contribution >= 4 is 10.8 Å². The highest BCUT2D eigenvalue weighted by molar-refractivity contribution is 5.87. The topological polar surface area (TPSA) is 43.8 Å². The molecule has 1 fully saturated rings. The number of hydrogen-bond donors (Lipinski definition) is 0. The summed E-state index contributed by atoms with van der Waals surface area (Å²) >= 11 is 0. The van der Waals surface area contributed by atoms with Crippen LogP contribution in [0.3, 0.4) is 0 Å². The Kier molecular flexibility index (Phi) is 5.46. The molecule has 0 N–H and O–H groups in total. The highest BCUT2D eigenvalue weighted by Crippen LogP contribution is 2.33. The Morgan fingerprint density at radius 3 is 2.71 bits per heavy atom. The maximum Gasteiger partial charge on any atom is 0.221 e. The SMILES string of the molecule is COc1ccc2ccnc(OCC3CN(C(C)C)C(c4ccccc4)O3)c2c1. The van der Waals surface area contributed by atoms with Crippen molar-refractivity contribution in [2.45, 2.75) is 32.2 Å². The molecule has 2 atom stereocenters. The van der Waals surface area contributed by atoms with Gasteiger partial charge in [-0.1, -0.05) is 36.4 Å². The molecule has 5 nitrogen and oxygen atoms in total. The minimum atomic E-state index is -0.0460. The van der Waals surface area contributed by atoms with Gasteiger partial charge in [0.15, 0.2) is 0 Å². The van der Waals surface area contributed by atoms with Crippen LogP contribution in [0.25, 0.3) is 10.8 Å². The average Bonchev–Trinajstić information content (AvgIpc) is 3.17. The summed E-state index contributed by atoms with van der Waals surface area (Å²) in [6.45, 7) is 5.67. The van der Waals surface area contributed by atoms with Crippen LogP contribution in [0.1, 0.15) is 25.6 Å². The van der Waals surface area contributed by atoms with E-state index in [0.717, 1.165) is 23.1 Å². The van der Waals surface area contributed by atoms with Crippen LogP contribution in [0.4, 0.5) is 0 Å². The van der Waals surface area contributed by atoms with Gasteiger partial charge in [-0.2, -0.15) is 0 Å². The van der Waals surface area contributed by atoms with E-state index in [0.29, 0.717) is 18.5 Å². The van der Waals surface area contributed by atoms with Gasteiger partial charge in [0.25, 0.3) is 0 Å². The van der Waals surface area contributed by atoms with Crippen molar-refractivity contribution in [3.8, 4) is 11.6 Å². The first-order chi connectivity index (χ1) is 13.7. The highest BCUT2D eigenvalue weighted by atomic mass is 16.6. The van der Waals surface area contributed by atoms with E-state index >= 15 is 0 Å². The first kappa shape index (κ1) is 18.7. The minimum Gasteiger partial charge on any atom is -0.497 e. The highest BCUT2D eigenvalue weighted by Gasteiger charge is 2.35. The molecule has 0 spiro atoms. The lowest BCUT2D eigenvalue weighted by molar-refractivity contribution is -0.0237. The third kappa shape index (κ3) is 3.81. The van der Waals surface area contributed by atoms with Crippen LogP contribution in [0, 0.1) is 0 Å². The van der Waals surface area contributed by atoms with Crippen molar-refractivity contribution in [2.75, 3.05) is 20.3 Å². The number of pyridine rings is 1. The maximum absolute atomic E-state index is 6.35. The average molecular weight is 378 g/mol. The molecule has 1 aliphatic heterocycles. The smallest absolute Gasteiger partial charge is 0.221 e. The molecular formula is C23H26N2O3. The number of aromatic nitrogens is 1. The largest absolute Gasteiger partial charge is 0.497 e. The van der Waals surface area contributed by atoms with E-state index in [1.807, 2.05) is 30.3 Å². The molecule has 28 heavy (non-hydrogen) atoms. The summed E-state index contributed by atoms with van der Waals surface area (Å²) in [5.41, 5.74) is 1.17. The lowest BCUT2D eigenvalue weighted by Crippen LogP contribution is -2.32. The zero-order valence-corrected chi connectivity index (χ0v) is 16.5. The van der Waals surface area contributed by atoms with Crippen LogP contribution in [0.5, 0.6) is 11.6 Å². The summed E-state index contributed by atoms with van der Waals surface area (Å²) in [5, 5.41) is 2.02. The zero-order chi connectivity index (χ0) is 19.5. The molecule has 0 aliphatic carbocycles. The van der Waals surface area contributed by atoms with Crippen LogP contribution in [-0.2, 0) is 4.74 Å². The quantitative estimate of drug-likeness (QED) is 0.635. The molecule has 146 valence electrons. The second-order valence-electron chi connectivity index (χ2n) is 7.33. The Morgan fingerprint density at radius 1 is 1.14 bits per heavy atom. The fourth-order valence-electron chi connectivity index (χ4n) is 3.63. The van der Waals surface area contributed by atoms with E-state index in [-0.39, 0.29) is 12.3 Å². The summed E-state index contributed by atoms with van der Waals surface area (Å²) < 4.78 is 17.8. The molecule has 1 saturated heterocycles. The standard InChI is InChI=1S/C23H26N2O3/c1-16(2)25-14-20(28-23(25)18-7-5-4-6-8-18)15-27-22-21-13-19(26-3)10-9-17(21)11-12-24-22/h4-13,16,20,23H,14-15H2,1-3H3. The van der Waals surface area contributed by atoms with Gasteiger partial charge >= 0.3 is 0 Å². The van der Waals surface area contributed by atoms with Gasteiger partial charge in [0.1, 0.15) is 24.7 Å². The van der Waals surface area contributed by atoms with Crippen molar-refractivity contribution in [2.24, 2.45) is 0 Å². The Morgan fingerprint density at radius 2 is 1.96 bits per heavy atom. The molecule has 3 aromatic rings. The Bertz CT molecular complexity index is 930. The van der Waals surface area contributed by atoms with E-state index in [1.54, 1.807) is 13.3 Å². The van der Waals surface area contributed by atoms with E-state index in [9.17, 15) is 0 Å². The van der Waals surface area contributed by atoms with Crippen molar-refractivity contribution in [1.82, 2.24) is 9.88 Å². The molecule has 0 bridgehead atoms. The van der Waals surface area contributed by atoms with E-state index in [1.165, 1.54) is 5.56 Å². The molecule has 1 aliphatic rings. The molecule has 1 aromatic heterocycles. The van der Waals surface area contributed by atoms with Crippen molar-refractivity contribution in [3.63, 3.8) is 0 Å². The summed E-state index contributed by atoms with van der Waals surface area (Å²) in [6.07, 6.45) is 1.71. The Balaban J connectivity index is 1.50. The molecule has 5 heteroatoms. The molecule has 2 aromatic carbocycles. The van der Waals surface area contributed by atoms with Crippen LogP contribution in [0.15, 0.2) is 60.8 Å². The number of fused-ring (bicyclic) bond motifs is 1. The number of rotatable bonds is 6. The number of benzene rings is 2. The van der Waals surface area contributed by atoms with Gasteiger partial charge in [0, 0.05) is 24.2 Å². The number of methoxy groups -OCH3 is 1. The number of ether oxygens (including phenoxy) is 3. The van der Waals surface area contributed by atoms with Gasteiger partial charge in [-0.25, -0.2) is 4.98 Å². The van der Waals surface area contributed by atoms with Gasteiger partial charge in [0.05, 0.1) is 7.11 Å². The number of nitrogens with zero attached hydrogens (tertiary/aromatic N) is 2. The first-order valence-electron chi connectivity index (χ1n) is 9.67. The van der Waals surface area contributed by atoms with Crippen LogP contribution < -0.4 is 9.47 Å². The molecule has 2 heterocycles. The van der Waals surface area contributed by atoms with Gasteiger partial charge in [0.2, 0.25) is 5.88 Å². The fourth-order valence-corrected chi connectivity index (χ4v) is 3.63. The monoisotopic (exact) mass is 378 g/mol. The van der Waals surface area contributed by atoms with Crippen molar-refractivity contribution in [1.29, 1.82) is 0 Å². The van der Waals surface area contributed by atoms with Crippen LogP contribution in [-0.4, -0.2) is 42.3 Å². The Hall–Kier alpha value is -2.63. The molecule has 4 rings (SSSR count). The van der Waals surface area contributed by atoms with Crippen LogP contribution in [0.2, 0.25) is 0 Å². The minimum absolute atomic E-state index is 0.0183. The second kappa shape index (κ2) is 8.17. The van der Waals surface area contributed by atoms with E-state index in [2.05, 4.69) is 48.0 Å². The fraction of sp³-hybridized carbons (Fsp3) is 0.348. The summed E-state index contributed by atoms with van der Waals surface area (Å²) in [6, 6.07) is 18.6. The third-order valence-corrected chi connectivity index (χ3v) is 5.13. The molecule has 0 amide bonds. The van der Waals surface area contributed by atoms with Crippen molar-refractivity contribution in [3.05, 3.63) is 66.4 Å². The number of hydrogen-bond acceptors (Lipinski definition) is 5. The lowest BCUT2D eigenvalue weighted by Gasteiger charge is -2.26. The van der Waals surface area contributed by atoms with E-state index in [4.69, 9.17) is 14.2 Å². The predicted octanol–water partition coefficient (Wildman–Crippen LogP) is 4.43. The lowest BCUT2D eigenvalue weighted by atomic mass is 10.1. The van der Waals surface area contributed by atoms with E-state index < -0.39 is 0 Å². The Labute approximate surface area is 165 Å². The summed E-state index contributed by atoms with van der Waals surface area (Å²) in [7, 11) is 1.66. The van der Waals surface area contributed by atoms with Gasteiger partial charge < -0.3 is 14.2 Å². The second-order valence-corrected chi connectivity index (χ2v) is 7.33. The summed E-state index contributed by atoms with van der Waals surface area (Å²) in [5.74, 6) is 1.40. The van der Waals surface area contributed by atoms with Crippen molar-refractivity contribution < 1.29 is 14.2 Å².